The molecule has 0 saturated carbocycles. The molecule has 1 aromatic heterocycles. The minimum absolute atomic E-state index is 0.00760. The van der Waals surface area contributed by atoms with E-state index in [4.69, 9.17) is 0 Å². The molecule has 0 spiro atoms. The molecule has 0 radical (unpaired) electrons. The Morgan fingerprint density at radius 2 is 1.69 bits per heavy atom. The fraction of sp³-hybridized carbons (Fsp3) is 0.267. The van der Waals surface area contributed by atoms with Crippen LogP contribution in [0.5, 0.6) is 5.75 Å². The summed E-state index contributed by atoms with van der Waals surface area (Å²) in [6.07, 6.45) is 4.19. The van der Waals surface area contributed by atoms with Gasteiger partial charge < -0.3 is 15.3 Å². The van der Waals surface area contributed by atoms with Crippen LogP contribution in [0.4, 0.5) is 5.69 Å². The van der Waals surface area contributed by atoms with Crippen molar-refractivity contribution in [2.45, 2.75) is 19.9 Å². The van der Waals surface area contributed by atoms with Crippen molar-refractivity contribution in [3.63, 3.8) is 0 Å². The van der Waals surface area contributed by atoms with Crippen LogP contribution in [0.2, 0.25) is 0 Å². The van der Waals surface area contributed by atoms with Crippen molar-refractivity contribution in [2.75, 3.05) is 37.6 Å². The fourth-order valence-electron chi connectivity index (χ4n) is 4.90. The van der Waals surface area contributed by atoms with Crippen molar-refractivity contribution in [3.8, 4) is 16.9 Å². The average molecular weight is 481 g/mol. The van der Waals surface area contributed by atoms with E-state index in [9.17, 15) is 9.90 Å². The van der Waals surface area contributed by atoms with Gasteiger partial charge in [-0.3, -0.25) is 14.7 Å². The number of nitrogens with one attached hydrogen (secondary N) is 1. The minimum atomic E-state index is -0.00760. The maximum Gasteiger partial charge on any atom is 0.251 e. The third kappa shape index (κ3) is 5.19. The van der Waals surface area contributed by atoms with E-state index in [0.717, 1.165) is 56.0 Å². The Morgan fingerprint density at radius 3 is 2.42 bits per heavy atom. The summed E-state index contributed by atoms with van der Waals surface area (Å²) in [6.45, 7) is 7.50. The number of aromatic nitrogens is 1. The third-order valence-corrected chi connectivity index (χ3v) is 6.85. The zero-order chi connectivity index (χ0) is 24.9. The Morgan fingerprint density at radius 1 is 0.944 bits per heavy atom. The molecule has 36 heavy (non-hydrogen) atoms. The van der Waals surface area contributed by atoms with E-state index in [-0.39, 0.29) is 11.7 Å². The summed E-state index contributed by atoms with van der Waals surface area (Å²) in [4.78, 5) is 21.2. The van der Waals surface area contributed by atoms with Crippen molar-refractivity contribution >= 4 is 22.4 Å². The van der Waals surface area contributed by atoms with Crippen LogP contribution in [0.15, 0.2) is 79.1 Å². The molecule has 6 nitrogen and oxygen atoms in total. The average Bonchev–Trinajstić information content (AvgIpc) is 2.92. The molecule has 2 N–H and O–H groups in total. The molecule has 4 aromatic rings. The maximum atomic E-state index is 12.2. The Bertz CT molecular complexity index is 1340. The second-order valence-corrected chi connectivity index (χ2v) is 9.32. The summed E-state index contributed by atoms with van der Waals surface area (Å²) in [5.74, 6) is 0.166. The molecular weight excluding hydrogens is 448 g/mol. The van der Waals surface area contributed by atoms with Gasteiger partial charge in [0.2, 0.25) is 0 Å². The maximum absolute atomic E-state index is 12.2. The predicted octanol–water partition coefficient (Wildman–Crippen LogP) is 5.07. The number of nitrogens with zero attached hydrogens (tertiary/aromatic N) is 3. The van der Waals surface area contributed by atoms with Crippen LogP contribution in [-0.4, -0.2) is 53.6 Å². The molecule has 2 heterocycles. The molecular formula is C30H32N4O2. The fourth-order valence-corrected chi connectivity index (χ4v) is 4.90. The molecule has 6 heteroatoms. The highest BCUT2D eigenvalue weighted by atomic mass is 16.3. The number of rotatable bonds is 7. The SMILES string of the molecule is CCCNC(=O)c1ccc(N2CCN(Cc3ccc(-c4cncc(O)c4)c4ccccc34)CC2)cc1. The summed E-state index contributed by atoms with van der Waals surface area (Å²) >= 11 is 0. The zero-order valence-electron chi connectivity index (χ0n) is 20.7. The molecule has 0 atom stereocenters. The molecule has 1 aliphatic heterocycles. The van der Waals surface area contributed by atoms with Gasteiger partial charge in [-0.05, 0) is 58.7 Å². The van der Waals surface area contributed by atoms with Crippen molar-refractivity contribution in [1.82, 2.24) is 15.2 Å². The molecule has 1 fully saturated rings. The third-order valence-electron chi connectivity index (χ3n) is 6.85. The lowest BCUT2D eigenvalue weighted by atomic mass is 9.95. The molecule has 1 aliphatic rings. The lowest BCUT2D eigenvalue weighted by Gasteiger charge is -2.36. The molecule has 1 amide bonds. The van der Waals surface area contributed by atoms with Crippen LogP contribution in [-0.2, 0) is 6.54 Å². The van der Waals surface area contributed by atoms with Crippen molar-refractivity contribution in [3.05, 3.63) is 90.3 Å². The minimum Gasteiger partial charge on any atom is -0.506 e. The molecule has 3 aromatic carbocycles. The van der Waals surface area contributed by atoms with Crippen molar-refractivity contribution in [2.24, 2.45) is 0 Å². The van der Waals surface area contributed by atoms with Crippen LogP contribution in [0.3, 0.4) is 0 Å². The first-order valence-electron chi connectivity index (χ1n) is 12.6. The number of aromatic hydroxyl groups is 1. The van der Waals surface area contributed by atoms with E-state index in [0.29, 0.717) is 12.1 Å². The van der Waals surface area contributed by atoms with E-state index in [2.05, 4.69) is 75.6 Å². The van der Waals surface area contributed by atoms with E-state index in [1.165, 1.54) is 22.5 Å². The van der Waals surface area contributed by atoms with Crippen molar-refractivity contribution in [1.29, 1.82) is 0 Å². The van der Waals surface area contributed by atoms with Gasteiger partial charge in [0.25, 0.3) is 5.91 Å². The monoisotopic (exact) mass is 480 g/mol. The smallest absolute Gasteiger partial charge is 0.251 e. The molecule has 0 aliphatic carbocycles. The molecule has 5 rings (SSSR count). The van der Waals surface area contributed by atoms with Crippen LogP contribution >= 0.6 is 0 Å². The second kappa shape index (κ2) is 10.8. The van der Waals surface area contributed by atoms with Crippen LogP contribution in [0.1, 0.15) is 29.3 Å². The highest BCUT2D eigenvalue weighted by Crippen LogP contribution is 2.32. The van der Waals surface area contributed by atoms with Crippen LogP contribution in [0.25, 0.3) is 21.9 Å². The Balaban J connectivity index is 1.26. The highest BCUT2D eigenvalue weighted by Gasteiger charge is 2.19. The number of carbonyl (C=O) groups excluding carboxylic acids is 1. The number of hydrogen-bond acceptors (Lipinski definition) is 5. The topological polar surface area (TPSA) is 68.7 Å². The zero-order valence-corrected chi connectivity index (χ0v) is 20.7. The Hall–Kier alpha value is -3.90. The number of carbonyl (C=O) groups is 1. The highest BCUT2D eigenvalue weighted by molar-refractivity contribution is 5.98. The molecule has 184 valence electrons. The first-order chi connectivity index (χ1) is 17.6. The summed E-state index contributed by atoms with van der Waals surface area (Å²) in [5.41, 5.74) is 5.17. The normalized spacial score (nSPS) is 14.2. The standard InChI is InChI=1S/C30H32N4O2/c1-2-13-32-30(36)22-7-10-25(11-8-22)34-16-14-33(15-17-34)21-23-9-12-28(24-18-26(35)20-31-19-24)29-6-4-3-5-27(23)29/h3-12,18-20,35H,2,13-17,21H2,1H3,(H,32,36). The number of fused-ring (bicyclic) bond motifs is 1. The second-order valence-electron chi connectivity index (χ2n) is 9.32. The molecule has 1 saturated heterocycles. The van der Waals surface area contributed by atoms with E-state index in [1.807, 2.05) is 12.1 Å². The Kier molecular flexibility index (Phi) is 7.14. The first kappa shape index (κ1) is 23.8. The van der Waals surface area contributed by atoms with Gasteiger partial charge in [-0.2, -0.15) is 0 Å². The molecule has 0 bridgehead atoms. The largest absolute Gasteiger partial charge is 0.506 e. The quantitative estimate of drug-likeness (QED) is 0.387. The summed E-state index contributed by atoms with van der Waals surface area (Å²) in [5, 5.41) is 15.2. The van der Waals surface area contributed by atoms with Gasteiger partial charge in [-0.25, -0.2) is 0 Å². The van der Waals surface area contributed by atoms with Gasteiger partial charge in [0.1, 0.15) is 5.75 Å². The van der Waals surface area contributed by atoms with Gasteiger partial charge in [0, 0.05) is 62.3 Å². The Labute approximate surface area is 212 Å². The van der Waals surface area contributed by atoms with E-state index in [1.54, 1.807) is 12.3 Å². The number of piperazine rings is 1. The summed E-state index contributed by atoms with van der Waals surface area (Å²) in [7, 11) is 0. The number of pyridine rings is 1. The lowest BCUT2D eigenvalue weighted by Crippen LogP contribution is -2.46. The van der Waals surface area contributed by atoms with Crippen LogP contribution in [0, 0.1) is 0 Å². The number of anilines is 1. The van der Waals surface area contributed by atoms with Gasteiger partial charge in [0.15, 0.2) is 0 Å². The molecule has 0 unspecified atom stereocenters. The summed E-state index contributed by atoms with van der Waals surface area (Å²) in [6, 6.07) is 22.5. The van der Waals surface area contributed by atoms with Gasteiger partial charge in [-0.15, -0.1) is 0 Å². The number of amides is 1. The lowest BCUT2D eigenvalue weighted by molar-refractivity contribution is 0.0953. The number of hydrogen-bond donors (Lipinski definition) is 2. The van der Waals surface area contributed by atoms with E-state index < -0.39 is 0 Å². The van der Waals surface area contributed by atoms with Gasteiger partial charge >= 0.3 is 0 Å². The van der Waals surface area contributed by atoms with Gasteiger partial charge in [-0.1, -0.05) is 43.3 Å². The van der Waals surface area contributed by atoms with Crippen LogP contribution < -0.4 is 10.2 Å². The summed E-state index contributed by atoms with van der Waals surface area (Å²) < 4.78 is 0. The number of benzene rings is 3. The van der Waals surface area contributed by atoms with Gasteiger partial charge in [0.05, 0.1) is 6.20 Å². The van der Waals surface area contributed by atoms with E-state index >= 15 is 0 Å². The predicted molar refractivity (Wildman–Crippen MR) is 145 cm³/mol. The van der Waals surface area contributed by atoms with Crippen molar-refractivity contribution < 1.29 is 9.90 Å². The first-order valence-corrected chi connectivity index (χ1v) is 12.6.